The Morgan fingerprint density at radius 3 is 2.45 bits per heavy atom. The molecule has 29 heavy (non-hydrogen) atoms. The van der Waals surface area contributed by atoms with Gasteiger partial charge >= 0.3 is 0 Å². The molecule has 5 rings (SSSR count). The van der Waals surface area contributed by atoms with Gasteiger partial charge in [0.2, 0.25) is 0 Å². The highest BCUT2D eigenvalue weighted by Crippen LogP contribution is 2.46. The molecule has 0 spiro atoms. The van der Waals surface area contributed by atoms with Crippen molar-refractivity contribution < 1.29 is 14.3 Å². The first-order chi connectivity index (χ1) is 14.2. The summed E-state index contributed by atoms with van der Waals surface area (Å²) in [6, 6.07) is 25.4. The fourth-order valence-electron chi connectivity index (χ4n) is 4.14. The molecule has 144 valence electrons. The summed E-state index contributed by atoms with van der Waals surface area (Å²) in [6.45, 7) is 0. The number of carbonyl (C=O) groups is 1. The number of ketones is 1. The number of para-hydroxylation sites is 2. The minimum atomic E-state index is -0.119. The van der Waals surface area contributed by atoms with Gasteiger partial charge in [-0.05, 0) is 29.8 Å². The Morgan fingerprint density at radius 1 is 0.966 bits per heavy atom. The molecule has 0 fully saturated rings. The number of ether oxygens (including phenoxy) is 2. The van der Waals surface area contributed by atoms with Gasteiger partial charge in [-0.2, -0.15) is 0 Å². The normalized spacial score (nSPS) is 19.6. The molecule has 0 amide bonds. The van der Waals surface area contributed by atoms with Crippen LogP contribution in [-0.4, -0.2) is 19.1 Å². The van der Waals surface area contributed by atoms with Crippen molar-refractivity contribution in [1.29, 1.82) is 0 Å². The van der Waals surface area contributed by atoms with Gasteiger partial charge in [-0.1, -0.05) is 54.6 Å². The summed E-state index contributed by atoms with van der Waals surface area (Å²) >= 11 is 0. The maximum Gasteiger partial charge on any atom is 0.191 e. The average Bonchev–Trinajstić information content (AvgIpc) is 3.16. The van der Waals surface area contributed by atoms with Gasteiger partial charge in [-0.3, -0.25) is 4.79 Å². The largest absolute Gasteiger partial charge is 0.497 e. The van der Waals surface area contributed by atoms with E-state index < -0.39 is 0 Å². The standard InChI is InChI=1S/C25H21NO3/c1-28-19-13-11-17(12-14-19)20-15-24-26(22-9-5-6-10-23(22)29-24)16-21(20)25(27)18-7-3-2-4-8-18/h2-14,16,20,24H,15H2,1H3/t20-,24+/m0/s1. The zero-order valence-electron chi connectivity index (χ0n) is 16.1. The Labute approximate surface area is 170 Å². The minimum Gasteiger partial charge on any atom is -0.497 e. The van der Waals surface area contributed by atoms with E-state index >= 15 is 0 Å². The number of methoxy groups -OCH3 is 1. The third-order valence-corrected chi connectivity index (χ3v) is 5.62. The molecule has 2 aliphatic heterocycles. The molecule has 4 nitrogen and oxygen atoms in total. The number of Topliss-reactive ketones (excluding diaryl/α,β-unsaturated/α-hetero) is 1. The summed E-state index contributed by atoms with van der Waals surface area (Å²) in [5.41, 5.74) is 3.56. The Balaban J connectivity index is 1.59. The van der Waals surface area contributed by atoms with Crippen molar-refractivity contribution in [1.82, 2.24) is 0 Å². The molecule has 2 aliphatic rings. The van der Waals surface area contributed by atoms with Crippen LogP contribution < -0.4 is 14.4 Å². The molecule has 3 aromatic carbocycles. The molecular weight excluding hydrogens is 362 g/mol. The smallest absolute Gasteiger partial charge is 0.191 e. The zero-order chi connectivity index (χ0) is 19.8. The number of benzene rings is 3. The van der Waals surface area contributed by atoms with Gasteiger partial charge in [0.15, 0.2) is 12.0 Å². The topological polar surface area (TPSA) is 38.8 Å². The highest BCUT2D eigenvalue weighted by Gasteiger charge is 2.39. The van der Waals surface area contributed by atoms with E-state index in [1.54, 1.807) is 7.11 Å². The molecule has 2 atom stereocenters. The van der Waals surface area contributed by atoms with Crippen LogP contribution in [0.3, 0.4) is 0 Å². The molecule has 0 unspecified atom stereocenters. The summed E-state index contributed by atoms with van der Waals surface area (Å²) in [5, 5.41) is 0. The van der Waals surface area contributed by atoms with Gasteiger partial charge in [0.1, 0.15) is 11.5 Å². The maximum absolute atomic E-state index is 13.4. The second-order valence-electron chi connectivity index (χ2n) is 7.29. The Kier molecular flexibility index (Phi) is 4.32. The van der Waals surface area contributed by atoms with Crippen LogP contribution in [0.15, 0.2) is 90.6 Å². The van der Waals surface area contributed by atoms with Gasteiger partial charge in [0, 0.05) is 29.7 Å². The van der Waals surface area contributed by atoms with Crippen LogP contribution in [-0.2, 0) is 0 Å². The summed E-state index contributed by atoms with van der Waals surface area (Å²) in [7, 11) is 1.65. The van der Waals surface area contributed by atoms with Crippen LogP contribution in [0.25, 0.3) is 0 Å². The number of allylic oxidation sites excluding steroid dienone is 1. The molecule has 0 bridgehead atoms. The van der Waals surface area contributed by atoms with Crippen molar-refractivity contribution >= 4 is 11.5 Å². The third-order valence-electron chi connectivity index (χ3n) is 5.62. The first-order valence-corrected chi connectivity index (χ1v) is 9.74. The Morgan fingerprint density at radius 2 is 1.69 bits per heavy atom. The maximum atomic E-state index is 13.4. The van der Waals surface area contributed by atoms with Gasteiger partial charge in [-0.15, -0.1) is 0 Å². The molecule has 0 aromatic heterocycles. The SMILES string of the molecule is COc1ccc([C@@H]2C[C@H]3Oc4ccccc4N3C=C2C(=O)c2ccccc2)cc1. The van der Waals surface area contributed by atoms with E-state index in [4.69, 9.17) is 9.47 Å². The van der Waals surface area contributed by atoms with Crippen molar-refractivity contribution in [3.05, 3.63) is 102 Å². The van der Waals surface area contributed by atoms with Crippen LogP contribution in [0, 0.1) is 0 Å². The molecule has 0 radical (unpaired) electrons. The molecule has 4 heteroatoms. The van der Waals surface area contributed by atoms with E-state index in [0.717, 1.165) is 28.3 Å². The van der Waals surface area contributed by atoms with E-state index in [1.165, 1.54) is 0 Å². The van der Waals surface area contributed by atoms with Gasteiger partial charge < -0.3 is 14.4 Å². The monoisotopic (exact) mass is 383 g/mol. The van der Waals surface area contributed by atoms with Crippen LogP contribution in [0.4, 0.5) is 5.69 Å². The molecule has 3 aromatic rings. The third kappa shape index (κ3) is 3.07. The summed E-state index contributed by atoms with van der Waals surface area (Å²) < 4.78 is 11.5. The van der Waals surface area contributed by atoms with Crippen LogP contribution in [0.5, 0.6) is 11.5 Å². The lowest BCUT2D eigenvalue weighted by atomic mass is 9.82. The van der Waals surface area contributed by atoms with Crippen molar-refractivity contribution in [2.45, 2.75) is 18.6 Å². The van der Waals surface area contributed by atoms with Gasteiger partial charge in [0.05, 0.1) is 12.8 Å². The molecule has 0 saturated carbocycles. The van der Waals surface area contributed by atoms with Crippen molar-refractivity contribution in [2.24, 2.45) is 0 Å². The van der Waals surface area contributed by atoms with E-state index in [-0.39, 0.29) is 17.9 Å². The quantitative estimate of drug-likeness (QED) is 0.582. The number of hydrogen-bond donors (Lipinski definition) is 0. The number of hydrogen-bond acceptors (Lipinski definition) is 4. The van der Waals surface area contributed by atoms with Crippen molar-refractivity contribution in [2.75, 3.05) is 12.0 Å². The fourth-order valence-corrected chi connectivity index (χ4v) is 4.14. The zero-order valence-corrected chi connectivity index (χ0v) is 16.1. The number of anilines is 1. The van der Waals surface area contributed by atoms with E-state index in [1.807, 2.05) is 85.1 Å². The number of fused-ring (bicyclic) bond motifs is 3. The summed E-state index contributed by atoms with van der Waals surface area (Å²) in [6.07, 6.45) is 2.56. The predicted molar refractivity (Wildman–Crippen MR) is 113 cm³/mol. The average molecular weight is 383 g/mol. The number of nitrogens with zero attached hydrogens (tertiary/aromatic N) is 1. The van der Waals surface area contributed by atoms with Gasteiger partial charge in [0.25, 0.3) is 0 Å². The first kappa shape index (κ1) is 17.6. The Hall–Kier alpha value is -3.53. The lowest BCUT2D eigenvalue weighted by Gasteiger charge is -2.33. The van der Waals surface area contributed by atoms with Crippen LogP contribution in [0.1, 0.15) is 28.3 Å². The van der Waals surface area contributed by atoms with E-state index in [9.17, 15) is 4.79 Å². The molecule has 0 saturated heterocycles. The minimum absolute atomic E-state index is 0.0502. The highest BCUT2D eigenvalue weighted by atomic mass is 16.5. The highest BCUT2D eigenvalue weighted by molar-refractivity contribution is 6.10. The second-order valence-corrected chi connectivity index (χ2v) is 7.29. The number of carbonyl (C=O) groups excluding carboxylic acids is 1. The summed E-state index contributed by atoms with van der Waals surface area (Å²) in [4.78, 5) is 15.5. The van der Waals surface area contributed by atoms with Crippen molar-refractivity contribution in [3.8, 4) is 11.5 Å². The lowest BCUT2D eigenvalue weighted by molar-refractivity contribution is 0.101. The lowest BCUT2D eigenvalue weighted by Crippen LogP contribution is -2.38. The van der Waals surface area contributed by atoms with E-state index in [0.29, 0.717) is 12.0 Å². The van der Waals surface area contributed by atoms with Crippen LogP contribution in [0.2, 0.25) is 0 Å². The molecule has 0 N–H and O–H groups in total. The van der Waals surface area contributed by atoms with Crippen molar-refractivity contribution in [3.63, 3.8) is 0 Å². The number of rotatable bonds is 4. The molecule has 2 heterocycles. The Bertz CT molecular complexity index is 1070. The summed E-state index contributed by atoms with van der Waals surface area (Å²) in [5.74, 6) is 1.66. The van der Waals surface area contributed by atoms with Crippen LogP contribution >= 0.6 is 0 Å². The predicted octanol–water partition coefficient (Wildman–Crippen LogP) is 5.17. The second kappa shape index (κ2) is 7.13. The molecular formula is C25H21NO3. The first-order valence-electron chi connectivity index (χ1n) is 9.74. The fraction of sp³-hybridized carbons (Fsp3) is 0.160. The van der Waals surface area contributed by atoms with E-state index in [2.05, 4.69) is 4.90 Å². The molecule has 0 aliphatic carbocycles. The van der Waals surface area contributed by atoms with Gasteiger partial charge in [-0.25, -0.2) is 0 Å².